The van der Waals surface area contributed by atoms with Crippen LogP contribution < -0.4 is 4.74 Å². The van der Waals surface area contributed by atoms with Gasteiger partial charge in [-0.2, -0.15) is 0 Å². The van der Waals surface area contributed by atoms with Crippen molar-refractivity contribution >= 4 is 5.97 Å². The molecule has 0 saturated carbocycles. The van der Waals surface area contributed by atoms with E-state index in [1.54, 1.807) is 13.3 Å². The third kappa shape index (κ3) is 3.60. The van der Waals surface area contributed by atoms with Gasteiger partial charge in [0.05, 0.1) is 18.9 Å². The van der Waals surface area contributed by atoms with Crippen molar-refractivity contribution in [2.75, 3.05) is 7.11 Å². The van der Waals surface area contributed by atoms with E-state index in [0.29, 0.717) is 24.5 Å². The van der Waals surface area contributed by atoms with Crippen molar-refractivity contribution in [1.82, 2.24) is 4.98 Å². The van der Waals surface area contributed by atoms with Crippen LogP contribution in [0.15, 0.2) is 34.9 Å². The van der Waals surface area contributed by atoms with Gasteiger partial charge in [0.1, 0.15) is 11.5 Å². The second-order valence-corrected chi connectivity index (χ2v) is 4.43. The van der Waals surface area contributed by atoms with Gasteiger partial charge in [0.15, 0.2) is 0 Å². The molecule has 2 rings (SSSR count). The number of aliphatic carboxylic acids is 1. The summed E-state index contributed by atoms with van der Waals surface area (Å²) >= 11 is 0. The van der Waals surface area contributed by atoms with Gasteiger partial charge in [-0.15, -0.1) is 0 Å². The maximum Gasteiger partial charge on any atom is 0.303 e. The summed E-state index contributed by atoms with van der Waals surface area (Å²) in [5.74, 6) is 1.23. The number of carboxylic acid groups (broad SMARTS) is 1. The number of carboxylic acids is 1. The first-order chi connectivity index (χ1) is 9.70. The minimum atomic E-state index is -0.766. The maximum absolute atomic E-state index is 10.4. The Labute approximate surface area is 117 Å². The molecule has 0 fully saturated rings. The topological polar surface area (TPSA) is 72.6 Å². The van der Waals surface area contributed by atoms with E-state index in [-0.39, 0.29) is 6.42 Å². The van der Waals surface area contributed by atoms with Crippen molar-refractivity contribution in [2.24, 2.45) is 0 Å². The van der Waals surface area contributed by atoms with Crippen molar-refractivity contribution in [2.45, 2.75) is 25.7 Å². The zero-order valence-electron chi connectivity index (χ0n) is 11.3. The van der Waals surface area contributed by atoms with Crippen LogP contribution in [0.4, 0.5) is 0 Å². The van der Waals surface area contributed by atoms with Crippen LogP contribution in [0.25, 0.3) is 11.5 Å². The summed E-state index contributed by atoms with van der Waals surface area (Å²) in [6.45, 7) is 0. The molecule has 5 heteroatoms. The van der Waals surface area contributed by atoms with Gasteiger partial charge in [-0.25, -0.2) is 4.98 Å². The molecule has 0 saturated heterocycles. The number of methoxy groups -OCH3 is 1. The third-order valence-electron chi connectivity index (χ3n) is 2.95. The van der Waals surface area contributed by atoms with Gasteiger partial charge in [0, 0.05) is 12.8 Å². The lowest BCUT2D eigenvalue weighted by Crippen LogP contribution is -1.94. The molecular formula is C15H17NO4. The number of oxazole rings is 1. The summed E-state index contributed by atoms with van der Waals surface area (Å²) in [4.78, 5) is 14.7. The van der Waals surface area contributed by atoms with Crippen LogP contribution in [0, 0.1) is 0 Å². The summed E-state index contributed by atoms with van der Waals surface area (Å²) in [7, 11) is 1.61. The van der Waals surface area contributed by atoms with E-state index in [1.165, 1.54) is 0 Å². The second kappa shape index (κ2) is 6.75. The average molecular weight is 275 g/mol. The van der Waals surface area contributed by atoms with Crippen LogP contribution in [0.1, 0.15) is 25.0 Å². The van der Waals surface area contributed by atoms with Crippen molar-refractivity contribution in [1.29, 1.82) is 0 Å². The van der Waals surface area contributed by atoms with Crippen molar-refractivity contribution < 1.29 is 19.1 Å². The van der Waals surface area contributed by atoms with Gasteiger partial charge in [-0.1, -0.05) is 12.1 Å². The summed E-state index contributed by atoms with van der Waals surface area (Å²) in [5.41, 5.74) is 0.812. The largest absolute Gasteiger partial charge is 0.496 e. The van der Waals surface area contributed by atoms with Crippen LogP contribution in [0.3, 0.4) is 0 Å². The second-order valence-electron chi connectivity index (χ2n) is 4.43. The fraction of sp³-hybridized carbons (Fsp3) is 0.333. The molecule has 1 N–H and O–H groups in total. The van der Waals surface area contributed by atoms with E-state index in [1.807, 2.05) is 24.3 Å². The van der Waals surface area contributed by atoms with E-state index in [2.05, 4.69) is 4.98 Å². The highest BCUT2D eigenvalue weighted by molar-refractivity contribution is 5.66. The van der Waals surface area contributed by atoms with E-state index in [9.17, 15) is 4.79 Å². The van der Waals surface area contributed by atoms with E-state index >= 15 is 0 Å². The number of hydrogen-bond donors (Lipinski definition) is 1. The highest BCUT2D eigenvalue weighted by Crippen LogP contribution is 2.29. The molecular weight excluding hydrogens is 258 g/mol. The fourth-order valence-corrected chi connectivity index (χ4v) is 1.94. The average Bonchev–Trinajstić information content (AvgIpc) is 2.92. The summed E-state index contributed by atoms with van der Waals surface area (Å²) in [6, 6.07) is 7.53. The number of ether oxygens (including phenoxy) is 1. The monoisotopic (exact) mass is 275 g/mol. The molecule has 5 nitrogen and oxygen atoms in total. The molecule has 106 valence electrons. The summed E-state index contributed by atoms with van der Waals surface area (Å²) < 4.78 is 10.9. The molecule has 1 aromatic carbocycles. The summed E-state index contributed by atoms with van der Waals surface area (Å²) in [6.07, 6.45) is 3.97. The minimum Gasteiger partial charge on any atom is -0.496 e. The number of rotatable bonds is 7. The van der Waals surface area contributed by atoms with Crippen LogP contribution in [0.5, 0.6) is 5.75 Å². The SMILES string of the molecule is COc1ccccc1-c1ncc(CCCCC(=O)O)o1. The fourth-order valence-electron chi connectivity index (χ4n) is 1.94. The van der Waals surface area contributed by atoms with Gasteiger partial charge >= 0.3 is 5.97 Å². The van der Waals surface area contributed by atoms with Crippen LogP contribution in [-0.4, -0.2) is 23.2 Å². The highest BCUT2D eigenvalue weighted by atomic mass is 16.5. The van der Waals surface area contributed by atoms with Gasteiger partial charge in [-0.05, 0) is 25.0 Å². The minimum absolute atomic E-state index is 0.188. The van der Waals surface area contributed by atoms with Gasteiger partial charge < -0.3 is 14.3 Å². The molecule has 0 aliphatic rings. The Hall–Kier alpha value is -2.30. The molecule has 0 unspecified atom stereocenters. The molecule has 0 bridgehead atoms. The molecule has 2 aromatic rings. The number of unbranched alkanes of at least 4 members (excludes halogenated alkanes) is 1. The molecule has 20 heavy (non-hydrogen) atoms. The zero-order chi connectivity index (χ0) is 14.4. The molecule has 1 heterocycles. The number of aryl methyl sites for hydroxylation is 1. The van der Waals surface area contributed by atoms with Gasteiger partial charge in [0.25, 0.3) is 0 Å². The van der Waals surface area contributed by atoms with Crippen molar-refractivity contribution in [3.05, 3.63) is 36.2 Å². The first-order valence-corrected chi connectivity index (χ1v) is 6.50. The Morgan fingerprint density at radius 3 is 2.90 bits per heavy atom. The van der Waals surface area contributed by atoms with E-state index in [4.69, 9.17) is 14.3 Å². The predicted octanol–water partition coefficient (Wildman–Crippen LogP) is 3.15. The molecule has 0 aliphatic carbocycles. The van der Waals surface area contributed by atoms with Gasteiger partial charge in [0.2, 0.25) is 5.89 Å². The molecule has 0 aliphatic heterocycles. The van der Waals surface area contributed by atoms with Crippen molar-refractivity contribution in [3.8, 4) is 17.2 Å². The number of carbonyl (C=O) groups is 1. The quantitative estimate of drug-likeness (QED) is 0.786. The standard InChI is InChI=1S/C15H17NO4/c1-19-13-8-4-3-7-12(13)15-16-10-11(20-15)6-2-5-9-14(17)18/h3-4,7-8,10H,2,5-6,9H2,1H3,(H,17,18). The lowest BCUT2D eigenvalue weighted by Gasteiger charge is -2.03. The number of benzene rings is 1. The molecule has 1 aromatic heterocycles. The van der Waals surface area contributed by atoms with Crippen LogP contribution >= 0.6 is 0 Å². The lowest BCUT2D eigenvalue weighted by molar-refractivity contribution is -0.137. The highest BCUT2D eigenvalue weighted by Gasteiger charge is 2.11. The Balaban J connectivity index is 2.00. The van der Waals surface area contributed by atoms with E-state index in [0.717, 1.165) is 17.7 Å². The maximum atomic E-state index is 10.4. The molecule has 0 spiro atoms. The third-order valence-corrected chi connectivity index (χ3v) is 2.95. The predicted molar refractivity (Wildman–Crippen MR) is 73.7 cm³/mol. The van der Waals surface area contributed by atoms with Crippen LogP contribution in [-0.2, 0) is 11.2 Å². The smallest absolute Gasteiger partial charge is 0.303 e. The van der Waals surface area contributed by atoms with Crippen molar-refractivity contribution in [3.63, 3.8) is 0 Å². The number of nitrogens with zero attached hydrogens (tertiary/aromatic N) is 1. The Bertz CT molecular complexity index is 577. The zero-order valence-corrected chi connectivity index (χ0v) is 11.3. The number of aromatic nitrogens is 1. The number of hydrogen-bond acceptors (Lipinski definition) is 4. The molecule has 0 amide bonds. The van der Waals surface area contributed by atoms with Crippen LogP contribution in [0.2, 0.25) is 0 Å². The Morgan fingerprint density at radius 1 is 1.35 bits per heavy atom. The van der Waals surface area contributed by atoms with Gasteiger partial charge in [-0.3, -0.25) is 4.79 Å². The first-order valence-electron chi connectivity index (χ1n) is 6.50. The normalized spacial score (nSPS) is 10.4. The Kier molecular flexibility index (Phi) is 4.76. The van der Waals surface area contributed by atoms with E-state index < -0.39 is 5.97 Å². The Morgan fingerprint density at radius 2 is 2.15 bits per heavy atom. The summed E-state index contributed by atoms with van der Waals surface area (Å²) in [5, 5.41) is 8.57. The molecule has 0 atom stereocenters. The number of para-hydroxylation sites is 1. The first kappa shape index (κ1) is 14.1. The molecule has 0 radical (unpaired) electrons. The lowest BCUT2D eigenvalue weighted by atomic mass is 10.2.